The SMILES string of the molecule is CCOC(c1cccc(P(=O)(O)O)c1)n1c(NC(=O)c2cc(C)nn2CC)nc2cc(C#N)ccc21. The second-order valence-electron chi connectivity index (χ2n) is 8.01. The third kappa shape index (κ3) is 4.94. The Morgan fingerprint density at radius 3 is 2.67 bits per heavy atom. The number of nitrogens with zero attached hydrogens (tertiary/aromatic N) is 5. The molecular weight excluding hydrogens is 483 g/mol. The number of ether oxygens (including phenoxy) is 1. The van der Waals surface area contributed by atoms with Crippen LogP contribution in [0.3, 0.4) is 0 Å². The molecule has 186 valence electrons. The van der Waals surface area contributed by atoms with E-state index in [9.17, 15) is 24.4 Å². The maximum absolute atomic E-state index is 13.2. The van der Waals surface area contributed by atoms with Gasteiger partial charge in [0.15, 0.2) is 6.23 Å². The lowest BCUT2D eigenvalue weighted by molar-refractivity contribution is 0.0452. The Kier molecular flexibility index (Phi) is 7.06. The summed E-state index contributed by atoms with van der Waals surface area (Å²) in [4.78, 5) is 37.2. The van der Waals surface area contributed by atoms with Crippen molar-refractivity contribution in [1.29, 1.82) is 5.26 Å². The molecule has 2 heterocycles. The van der Waals surface area contributed by atoms with Crippen LogP contribution >= 0.6 is 7.60 Å². The monoisotopic (exact) mass is 508 g/mol. The summed E-state index contributed by atoms with van der Waals surface area (Å²) in [7, 11) is -4.52. The van der Waals surface area contributed by atoms with Crippen LogP contribution in [0.15, 0.2) is 48.5 Å². The molecule has 1 atom stereocenters. The van der Waals surface area contributed by atoms with Crippen LogP contribution in [0, 0.1) is 18.3 Å². The van der Waals surface area contributed by atoms with Gasteiger partial charge in [0, 0.05) is 18.7 Å². The molecule has 0 aliphatic heterocycles. The molecule has 0 saturated carbocycles. The molecule has 0 aliphatic rings. The fourth-order valence-corrected chi connectivity index (χ4v) is 4.56. The van der Waals surface area contributed by atoms with Crippen molar-refractivity contribution in [3.8, 4) is 6.07 Å². The second-order valence-corrected chi connectivity index (χ2v) is 9.61. The van der Waals surface area contributed by atoms with Gasteiger partial charge in [-0.25, -0.2) is 4.98 Å². The zero-order valence-electron chi connectivity index (χ0n) is 19.9. The summed E-state index contributed by atoms with van der Waals surface area (Å²) in [6.45, 7) is 6.21. The highest BCUT2D eigenvalue weighted by molar-refractivity contribution is 7.60. The van der Waals surface area contributed by atoms with Crippen LogP contribution in [-0.4, -0.2) is 41.6 Å². The van der Waals surface area contributed by atoms with Crippen molar-refractivity contribution in [2.45, 2.75) is 33.5 Å². The molecule has 0 aliphatic carbocycles. The zero-order chi connectivity index (χ0) is 26.0. The lowest BCUT2D eigenvalue weighted by Gasteiger charge is -2.23. The number of carbonyl (C=O) groups is 1. The van der Waals surface area contributed by atoms with Crippen molar-refractivity contribution in [1.82, 2.24) is 19.3 Å². The number of aryl methyl sites for hydroxylation is 2. The summed E-state index contributed by atoms with van der Waals surface area (Å²) >= 11 is 0. The lowest BCUT2D eigenvalue weighted by atomic mass is 10.1. The number of benzene rings is 2. The van der Waals surface area contributed by atoms with E-state index in [2.05, 4.69) is 21.5 Å². The van der Waals surface area contributed by atoms with Crippen LogP contribution in [0.25, 0.3) is 11.0 Å². The average molecular weight is 508 g/mol. The van der Waals surface area contributed by atoms with Crippen LogP contribution in [0.2, 0.25) is 0 Å². The molecule has 4 rings (SSSR count). The average Bonchev–Trinajstić information content (AvgIpc) is 3.41. The number of hydrogen-bond donors (Lipinski definition) is 3. The summed E-state index contributed by atoms with van der Waals surface area (Å²) in [5.74, 6) is -0.291. The number of hydrogen-bond acceptors (Lipinski definition) is 6. The van der Waals surface area contributed by atoms with Gasteiger partial charge in [0.25, 0.3) is 5.91 Å². The van der Waals surface area contributed by atoms with Crippen molar-refractivity contribution in [3.05, 3.63) is 71.0 Å². The Labute approximate surface area is 207 Å². The standard InChI is InChI=1S/C24H25N6O5P/c1-4-29-21(11-15(3)28-29)22(31)27-24-26-19-12-16(14-25)9-10-20(19)30(24)23(35-5-2)17-7-6-8-18(13-17)36(32,33)34/h6-13,23H,4-5H2,1-3H3,(H,26,27,31)(H2,32,33,34). The number of rotatable bonds is 8. The number of anilines is 1. The lowest BCUT2D eigenvalue weighted by Crippen LogP contribution is -2.23. The van der Waals surface area contributed by atoms with Crippen LogP contribution in [0.5, 0.6) is 0 Å². The van der Waals surface area contributed by atoms with Gasteiger partial charge in [0.2, 0.25) is 5.95 Å². The Bertz CT molecular complexity index is 1530. The van der Waals surface area contributed by atoms with Crippen LogP contribution in [0.1, 0.15) is 47.4 Å². The summed E-state index contributed by atoms with van der Waals surface area (Å²) in [5.41, 5.74) is 2.88. The number of carbonyl (C=O) groups excluding carboxylic acids is 1. The van der Waals surface area contributed by atoms with Crippen molar-refractivity contribution in [3.63, 3.8) is 0 Å². The summed E-state index contributed by atoms with van der Waals surface area (Å²) < 4.78 is 21.1. The predicted molar refractivity (Wildman–Crippen MR) is 133 cm³/mol. The molecule has 12 heteroatoms. The number of fused-ring (bicyclic) bond motifs is 1. The molecular formula is C24H25N6O5P. The summed E-state index contributed by atoms with van der Waals surface area (Å²) in [6.07, 6.45) is -0.882. The van der Waals surface area contributed by atoms with E-state index in [1.165, 1.54) is 18.2 Å². The maximum Gasteiger partial charge on any atom is 0.356 e. The van der Waals surface area contributed by atoms with Crippen molar-refractivity contribution in [2.75, 3.05) is 11.9 Å². The summed E-state index contributed by atoms with van der Waals surface area (Å²) in [5, 5.41) is 16.3. The van der Waals surface area contributed by atoms with Crippen LogP contribution in [-0.2, 0) is 15.8 Å². The van der Waals surface area contributed by atoms with Gasteiger partial charge in [0.1, 0.15) is 5.69 Å². The van der Waals surface area contributed by atoms with Gasteiger partial charge < -0.3 is 14.5 Å². The Hall–Kier alpha value is -3.81. The molecule has 11 nitrogen and oxygen atoms in total. The van der Waals surface area contributed by atoms with Crippen LogP contribution in [0.4, 0.5) is 5.95 Å². The normalized spacial score (nSPS) is 12.4. The smallest absolute Gasteiger partial charge is 0.354 e. The zero-order valence-corrected chi connectivity index (χ0v) is 20.8. The quantitative estimate of drug-likeness (QED) is 0.307. The van der Waals surface area contributed by atoms with Gasteiger partial charge in [0.05, 0.1) is 33.7 Å². The van der Waals surface area contributed by atoms with Gasteiger partial charge in [-0.3, -0.25) is 23.9 Å². The second kappa shape index (κ2) is 10.0. The topological polar surface area (TPSA) is 155 Å². The van der Waals surface area contributed by atoms with E-state index in [4.69, 9.17) is 4.74 Å². The Morgan fingerprint density at radius 2 is 2.00 bits per heavy atom. The number of imidazole rings is 1. The highest BCUT2D eigenvalue weighted by atomic mass is 31.2. The van der Waals surface area contributed by atoms with E-state index in [0.717, 1.165) is 0 Å². The third-order valence-corrected chi connectivity index (χ3v) is 6.48. The van der Waals surface area contributed by atoms with E-state index < -0.39 is 19.7 Å². The molecule has 4 aromatic rings. The van der Waals surface area contributed by atoms with Crippen molar-refractivity contribution >= 4 is 35.8 Å². The number of aromatic nitrogens is 4. The van der Waals surface area contributed by atoms with E-state index in [0.29, 0.717) is 40.1 Å². The fraction of sp³-hybridized carbons (Fsp3) is 0.250. The fourth-order valence-electron chi connectivity index (χ4n) is 3.97. The maximum atomic E-state index is 13.2. The van der Waals surface area contributed by atoms with Crippen LogP contribution < -0.4 is 10.6 Å². The van der Waals surface area contributed by atoms with E-state index >= 15 is 0 Å². The first-order valence-electron chi connectivity index (χ1n) is 11.2. The van der Waals surface area contributed by atoms with Gasteiger partial charge in [-0.15, -0.1) is 0 Å². The minimum absolute atomic E-state index is 0.145. The minimum atomic E-state index is -4.52. The Balaban J connectivity index is 1.89. The van der Waals surface area contributed by atoms with Gasteiger partial charge in [-0.1, -0.05) is 12.1 Å². The molecule has 0 bridgehead atoms. The highest BCUT2D eigenvalue weighted by Crippen LogP contribution is 2.36. The van der Waals surface area contributed by atoms with Crippen molar-refractivity contribution < 1.29 is 23.9 Å². The minimum Gasteiger partial charge on any atom is -0.354 e. The van der Waals surface area contributed by atoms with Crippen molar-refractivity contribution in [2.24, 2.45) is 0 Å². The van der Waals surface area contributed by atoms with Gasteiger partial charge in [-0.05, 0) is 57.2 Å². The Morgan fingerprint density at radius 1 is 1.22 bits per heavy atom. The largest absolute Gasteiger partial charge is 0.356 e. The molecule has 3 N–H and O–H groups in total. The molecule has 0 fully saturated rings. The first kappa shape index (κ1) is 25.3. The molecule has 0 saturated heterocycles. The number of nitriles is 1. The molecule has 1 amide bonds. The third-order valence-electron chi connectivity index (χ3n) is 5.53. The molecule has 0 spiro atoms. The van der Waals surface area contributed by atoms with E-state index in [1.54, 1.807) is 53.4 Å². The van der Waals surface area contributed by atoms with Gasteiger partial charge in [-0.2, -0.15) is 10.4 Å². The molecule has 36 heavy (non-hydrogen) atoms. The number of amides is 1. The van der Waals surface area contributed by atoms with E-state index in [-0.39, 0.29) is 17.9 Å². The highest BCUT2D eigenvalue weighted by Gasteiger charge is 2.26. The molecule has 0 radical (unpaired) electrons. The first-order chi connectivity index (χ1) is 17.2. The molecule has 2 aromatic heterocycles. The summed E-state index contributed by atoms with van der Waals surface area (Å²) in [6, 6.07) is 14.6. The first-order valence-corrected chi connectivity index (χ1v) is 12.8. The number of nitrogens with one attached hydrogen (secondary N) is 1. The predicted octanol–water partition coefficient (Wildman–Crippen LogP) is 3.07. The molecule has 2 aromatic carbocycles. The van der Waals surface area contributed by atoms with Gasteiger partial charge >= 0.3 is 7.60 Å². The molecule has 1 unspecified atom stereocenters. The van der Waals surface area contributed by atoms with E-state index in [1.807, 2.05) is 6.92 Å².